The van der Waals surface area contributed by atoms with Crippen LogP contribution in [0.3, 0.4) is 0 Å². The van der Waals surface area contributed by atoms with Gasteiger partial charge in [0.1, 0.15) is 22.8 Å². The number of likely N-dealkylation sites (N-methyl/N-ethyl adjacent to an activating group) is 1. The number of nitrogens with one attached hydrogen (secondary N) is 3. The molecule has 14 nitrogen and oxygen atoms in total. The van der Waals surface area contributed by atoms with Crippen molar-refractivity contribution in [3.05, 3.63) is 129 Å². The smallest absolute Gasteiger partial charge is 0.293 e. The summed E-state index contributed by atoms with van der Waals surface area (Å²) in [5.41, 5.74) is 7.75. The third-order valence-electron chi connectivity index (χ3n) is 12.2. The van der Waals surface area contributed by atoms with Crippen molar-refractivity contribution in [2.24, 2.45) is 5.41 Å². The Bertz CT molecular complexity index is 2630. The zero-order valence-corrected chi connectivity index (χ0v) is 38.8. The van der Waals surface area contributed by atoms with E-state index in [-0.39, 0.29) is 29.7 Å². The van der Waals surface area contributed by atoms with E-state index in [0.717, 1.165) is 78.9 Å². The molecule has 0 bridgehead atoms. The van der Waals surface area contributed by atoms with Crippen molar-refractivity contribution in [3.8, 4) is 11.5 Å². The standard InChI is InChI=1S/C49H55ClN8O6S/c1-49(2)17-13-36(42(26-49)33-5-8-37(50)9-6-33)29-56-19-15-32(16-20-56)34-7-11-41(45(24-34)64-38-23-35-14-18-51-47(35)53-27-38)48(60)54-65-40-10-12-43(44(25-40)58(61)62)52-28-39-30-57(21-22-63-39)46(59)31-55(3)4/h5-12,14-15,18,23-25,27,39,52H,13,16-17,19-22,26,28-31H2,1-4H3,(H,51,53)(H,54,60). The molecule has 2 aromatic heterocycles. The summed E-state index contributed by atoms with van der Waals surface area (Å²) in [6.07, 6.45) is 9.47. The van der Waals surface area contributed by atoms with Gasteiger partial charge >= 0.3 is 0 Å². The highest BCUT2D eigenvalue weighted by molar-refractivity contribution is 7.98. The third kappa shape index (κ3) is 11.6. The number of amides is 2. The number of hydrogen-bond acceptors (Lipinski definition) is 11. The molecule has 4 heterocycles. The molecule has 0 saturated carbocycles. The molecule has 2 amide bonds. The Morgan fingerprint density at radius 1 is 1.06 bits per heavy atom. The van der Waals surface area contributed by atoms with Crippen molar-refractivity contribution in [1.82, 2.24) is 29.4 Å². The van der Waals surface area contributed by atoms with Gasteiger partial charge in [0.15, 0.2) is 0 Å². The maximum absolute atomic E-state index is 13.9. The first-order valence-electron chi connectivity index (χ1n) is 21.9. The third-order valence-corrected chi connectivity index (χ3v) is 13.2. The van der Waals surface area contributed by atoms with E-state index in [1.54, 1.807) is 29.3 Å². The van der Waals surface area contributed by atoms with E-state index >= 15 is 0 Å². The minimum atomic E-state index is -0.464. The molecule has 0 spiro atoms. The SMILES string of the molecule is CN(C)CC(=O)N1CCOC(CNc2ccc(SNC(=O)c3ccc(C4=CCN(CC5=C(c6ccc(Cl)cc6)CC(C)(C)CC5)CC4)cc3Oc3cnc4[nH]ccc4c3)cc2[N+](=O)[O-])C1. The topological polar surface area (TPSA) is 158 Å². The molecule has 0 radical (unpaired) electrons. The Labute approximate surface area is 388 Å². The quantitative estimate of drug-likeness (QED) is 0.0522. The highest BCUT2D eigenvalue weighted by Crippen LogP contribution is 2.44. The number of hydrogen-bond donors (Lipinski definition) is 3. The number of rotatable bonds is 15. The van der Waals surface area contributed by atoms with Crippen LogP contribution in [0.5, 0.6) is 11.5 Å². The second-order valence-corrected chi connectivity index (χ2v) is 19.3. The Morgan fingerprint density at radius 3 is 2.65 bits per heavy atom. The van der Waals surface area contributed by atoms with Gasteiger partial charge in [0.2, 0.25) is 5.91 Å². The summed E-state index contributed by atoms with van der Waals surface area (Å²) in [6.45, 7) is 9.15. The number of carbonyl (C=O) groups excluding carboxylic acids is 2. The van der Waals surface area contributed by atoms with Gasteiger partial charge in [0.05, 0.1) is 35.9 Å². The number of nitro benzene ring substituents is 1. The highest BCUT2D eigenvalue weighted by Gasteiger charge is 2.30. The molecule has 1 saturated heterocycles. The Morgan fingerprint density at radius 2 is 1.88 bits per heavy atom. The van der Waals surface area contributed by atoms with Gasteiger partial charge in [0.25, 0.3) is 11.6 Å². The maximum atomic E-state index is 13.9. The maximum Gasteiger partial charge on any atom is 0.293 e. The Kier molecular flexibility index (Phi) is 14.3. The van der Waals surface area contributed by atoms with Gasteiger partial charge < -0.3 is 29.6 Å². The lowest BCUT2D eigenvalue weighted by Crippen LogP contribution is -2.50. The molecular formula is C49H55ClN8O6S. The van der Waals surface area contributed by atoms with E-state index in [1.807, 2.05) is 61.6 Å². The van der Waals surface area contributed by atoms with E-state index in [4.69, 9.17) is 21.1 Å². The largest absolute Gasteiger partial charge is 0.455 e. The number of morpholine rings is 1. The number of ether oxygens (including phenoxy) is 2. The monoisotopic (exact) mass is 918 g/mol. The lowest BCUT2D eigenvalue weighted by atomic mass is 9.72. The molecule has 5 aromatic rings. The predicted molar refractivity (Wildman–Crippen MR) is 257 cm³/mol. The fraction of sp³-hybridized carbons (Fsp3) is 0.367. The summed E-state index contributed by atoms with van der Waals surface area (Å²) in [6, 6.07) is 22.4. The van der Waals surface area contributed by atoms with Crippen molar-refractivity contribution in [2.75, 3.05) is 71.8 Å². The highest BCUT2D eigenvalue weighted by atomic mass is 35.5. The predicted octanol–water partition coefficient (Wildman–Crippen LogP) is 9.31. The van der Waals surface area contributed by atoms with Gasteiger partial charge in [-0.2, -0.15) is 0 Å². The first-order chi connectivity index (χ1) is 31.3. The number of benzene rings is 3. The molecule has 1 aliphatic carbocycles. The van der Waals surface area contributed by atoms with Crippen molar-refractivity contribution in [1.29, 1.82) is 0 Å². The fourth-order valence-electron chi connectivity index (χ4n) is 8.65. The zero-order chi connectivity index (χ0) is 45.7. The first-order valence-corrected chi connectivity index (χ1v) is 23.1. The van der Waals surface area contributed by atoms with Crippen LogP contribution in [0, 0.1) is 15.5 Å². The number of nitrogens with zero attached hydrogens (tertiary/aromatic N) is 5. The summed E-state index contributed by atoms with van der Waals surface area (Å²) < 4.78 is 15.2. The first kappa shape index (κ1) is 45.8. The second-order valence-electron chi connectivity index (χ2n) is 18.0. The van der Waals surface area contributed by atoms with Crippen LogP contribution in [0.4, 0.5) is 11.4 Å². The van der Waals surface area contributed by atoms with E-state index in [0.29, 0.717) is 53.9 Å². The van der Waals surface area contributed by atoms with E-state index in [1.165, 1.54) is 28.3 Å². The average molecular weight is 920 g/mol. The molecule has 3 aromatic carbocycles. The molecule has 1 unspecified atom stereocenters. The second kappa shape index (κ2) is 20.2. The number of nitro groups is 1. The van der Waals surface area contributed by atoms with Crippen LogP contribution >= 0.6 is 23.5 Å². The number of carbonyl (C=O) groups is 2. The number of H-pyrrole nitrogens is 1. The Hall–Kier alpha value is -5.71. The lowest BCUT2D eigenvalue weighted by Gasteiger charge is -2.36. The van der Waals surface area contributed by atoms with Crippen LogP contribution in [-0.2, 0) is 9.53 Å². The van der Waals surface area contributed by atoms with Crippen molar-refractivity contribution in [2.45, 2.75) is 50.5 Å². The minimum absolute atomic E-state index is 0.00804. The van der Waals surface area contributed by atoms with Gasteiger partial charge in [-0.25, -0.2) is 4.98 Å². The summed E-state index contributed by atoms with van der Waals surface area (Å²) in [5.74, 6) is 0.420. The number of halogens is 1. The number of anilines is 1. The van der Waals surface area contributed by atoms with Crippen molar-refractivity contribution in [3.63, 3.8) is 0 Å². The van der Waals surface area contributed by atoms with Crippen LogP contribution in [0.1, 0.15) is 61.0 Å². The fourth-order valence-corrected chi connectivity index (χ4v) is 9.40. The Balaban J connectivity index is 0.961. The summed E-state index contributed by atoms with van der Waals surface area (Å²) >= 11 is 7.24. The average Bonchev–Trinajstić information content (AvgIpc) is 3.77. The molecule has 8 rings (SSSR count). The number of aromatic amines is 1. The molecule has 3 N–H and O–H groups in total. The van der Waals surface area contributed by atoms with Gasteiger partial charge in [-0.15, -0.1) is 0 Å². The molecule has 340 valence electrons. The number of pyridine rings is 1. The number of aromatic nitrogens is 2. The van der Waals surface area contributed by atoms with Gasteiger partial charge in [0, 0.05) is 66.8 Å². The van der Waals surface area contributed by atoms with Crippen LogP contribution in [0.15, 0.2) is 102 Å². The van der Waals surface area contributed by atoms with E-state index in [2.05, 4.69) is 57.0 Å². The minimum Gasteiger partial charge on any atom is -0.455 e. The number of allylic oxidation sites excluding steroid dienone is 1. The molecular weight excluding hydrogens is 864 g/mol. The summed E-state index contributed by atoms with van der Waals surface area (Å²) in [5, 5.41) is 17.0. The van der Waals surface area contributed by atoms with E-state index in [9.17, 15) is 19.7 Å². The van der Waals surface area contributed by atoms with Crippen molar-refractivity contribution < 1.29 is 24.0 Å². The van der Waals surface area contributed by atoms with Gasteiger partial charge in [-0.3, -0.25) is 29.3 Å². The summed E-state index contributed by atoms with van der Waals surface area (Å²) in [4.78, 5) is 52.5. The van der Waals surface area contributed by atoms with Crippen LogP contribution < -0.4 is 14.8 Å². The molecule has 1 atom stereocenters. The molecule has 65 heavy (non-hydrogen) atoms. The molecule has 16 heteroatoms. The van der Waals surface area contributed by atoms with E-state index < -0.39 is 10.8 Å². The van der Waals surface area contributed by atoms with Gasteiger partial charge in [-0.1, -0.05) is 55.3 Å². The molecule has 2 aliphatic heterocycles. The van der Waals surface area contributed by atoms with Crippen LogP contribution in [0.25, 0.3) is 22.2 Å². The summed E-state index contributed by atoms with van der Waals surface area (Å²) in [7, 11) is 3.69. The normalized spacial score (nSPS) is 17.8. The number of fused-ring (bicyclic) bond motifs is 1. The molecule has 1 fully saturated rings. The van der Waals surface area contributed by atoms with Crippen LogP contribution in [0.2, 0.25) is 5.02 Å². The van der Waals surface area contributed by atoms with Gasteiger partial charge in [-0.05, 0) is 128 Å². The van der Waals surface area contributed by atoms with Crippen molar-refractivity contribution >= 4 is 68.9 Å². The zero-order valence-electron chi connectivity index (χ0n) is 37.2. The van der Waals surface area contributed by atoms with Crippen LogP contribution in [-0.4, -0.2) is 114 Å². The molecule has 3 aliphatic rings. The lowest BCUT2D eigenvalue weighted by molar-refractivity contribution is -0.384.